The molecule has 1 aromatic carbocycles. The summed E-state index contributed by atoms with van der Waals surface area (Å²) >= 11 is 0. The molecule has 4 heterocycles. The highest BCUT2D eigenvalue weighted by molar-refractivity contribution is 5.98. The van der Waals surface area contributed by atoms with Crippen LogP contribution in [-0.4, -0.2) is 30.1 Å². The first-order chi connectivity index (χ1) is 17.9. The first-order valence-electron chi connectivity index (χ1n) is 11.7. The molecule has 0 aliphatic heterocycles. The third kappa shape index (κ3) is 4.62. The van der Waals surface area contributed by atoms with Gasteiger partial charge in [0.15, 0.2) is 5.75 Å². The Bertz CT molecular complexity index is 1790. The number of rotatable bonds is 5. The molecular formula is C27H24F3N5O3. The number of aromatic nitrogens is 5. The van der Waals surface area contributed by atoms with Crippen molar-refractivity contribution in [3.05, 3.63) is 87.0 Å². The van der Waals surface area contributed by atoms with E-state index in [2.05, 4.69) is 10.1 Å². The Morgan fingerprint density at radius 3 is 2.37 bits per heavy atom. The lowest BCUT2D eigenvalue weighted by Gasteiger charge is -2.17. The molecule has 0 unspecified atom stereocenters. The maximum absolute atomic E-state index is 13.0. The second kappa shape index (κ2) is 9.09. The number of para-hydroxylation sites is 1. The fourth-order valence-corrected chi connectivity index (χ4v) is 4.44. The van der Waals surface area contributed by atoms with Crippen LogP contribution in [0.4, 0.5) is 13.2 Å². The number of ether oxygens (including phenoxy) is 1. The first-order valence-corrected chi connectivity index (χ1v) is 11.7. The van der Waals surface area contributed by atoms with Crippen LogP contribution in [-0.2, 0) is 20.6 Å². The molecule has 0 amide bonds. The molecule has 196 valence electrons. The zero-order valence-corrected chi connectivity index (χ0v) is 21.1. The molecule has 0 aliphatic rings. The third-order valence-corrected chi connectivity index (χ3v) is 6.35. The molecule has 0 radical (unpaired) electrons. The smallest absolute Gasteiger partial charge is 0.408 e. The zero-order valence-electron chi connectivity index (χ0n) is 21.1. The molecule has 11 heteroatoms. The zero-order chi connectivity index (χ0) is 27.4. The molecule has 0 spiro atoms. The van der Waals surface area contributed by atoms with Gasteiger partial charge in [0.2, 0.25) is 0 Å². The van der Waals surface area contributed by atoms with Crippen LogP contribution >= 0.6 is 0 Å². The summed E-state index contributed by atoms with van der Waals surface area (Å²) in [6.45, 7) is 2.62. The van der Waals surface area contributed by atoms with Gasteiger partial charge in [0.1, 0.15) is 17.8 Å². The van der Waals surface area contributed by atoms with E-state index in [0.29, 0.717) is 39.3 Å². The summed E-state index contributed by atoms with van der Waals surface area (Å²) in [4.78, 5) is 28.7. The van der Waals surface area contributed by atoms with Gasteiger partial charge in [-0.1, -0.05) is 18.2 Å². The van der Waals surface area contributed by atoms with E-state index in [1.807, 2.05) is 32.0 Å². The molecule has 0 saturated heterocycles. The predicted molar refractivity (Wildman–Crippen MR) is 137 cm³/mol. The minimum Gasteiger partial charge on any atom is -0.455 e. The van der Waals surface area contributed by atoms with Gasteiger partial charge in [-0.05, 0) is 31.0 Å². The van der Waals surface area contributed by atoms with Crippen LogP contribution in [0.2, 0.25) is 0 Å². The quantitative estimate of drug-likeness (QED) is 0.349. The third-order valence-electron chi connectivity index (χ3n) is 6.35. The highest BCUT2D eigenvalue weighted by atomic mass is 19.4. The van der Waals surface area contributed by atoms with Crippen LogP contribution in [0, 0.1) is 13.8 Å². The van der Waals surface area contributed by atoms with Crippen molar-refractivity contribution < 1.29 is 17.9 Å². The Kier molecular flexibility index (Phi) is 6.01. The van der Waals surface area contributed by atoms with E-state index in [9.17, 15) is 22.8 Å². The molecule has 38 heavy (non-hydrogen) atoms. The SMILES string of the molecule is Cc1cccc(C)c1Oc1cn(C)c(=O)cc1-c1cn(C)c(=O)c2[nH]c(-c3cnn(CC(F)(F)F)c3)cc12. The normalized spacial score (nSPS) is 11.9. The number of benzene rings is 1. The second-order valence-corrected chi connectivity index (χ2v) is 9.30. The van der Waals surface area contributed by atoms with E-state index < -0.39 is 12.7 Å². The molecule has 0 atom stereocenters. The summed E-state index contributed by atoms with van der Waals surface area (Å²) in [5.41, 5.74) is 3.26. The highest BCUT2D eigenvalue weighted by Gasteiger charge is 2.28. The van der Waals surface area contributed by atoms with Gasteiger partial charge in [-0.15, -0.1) is 0 Å². The van der Waals surface area contributed by atoms with Gasteiger partial charge in [-0.2, -0.15) is 18.3 Å². The van der Waals surface area contributed by atoms with Crippen LogP contribution < -0.4 is 15.9 Å². The van der Waals surface area contributed by atoms with Crippen molar-refractivity contribution in [1.29, 1.82) is 0 Å². The van der Waals surface area contributed by atoms with Gasteiger partial charge in [-0.25, -0.2) is 0 Å². The lowest BCUT2D eigenvalue weighted by Crippen LogP contribution is -2.18. The number of H-pyrrole nitrogens is 1. The largest absolute Gasteiger partial charge is 0.455 e. The van der Waals surface area contributed by atoms with Crippen LogP contribution in [0.3, 0.4) is 0 Å². The summed E-state index contributed by atoms with van der Waals surface area (Å²) in [6.07, 6.45) is 1.35. The van der Waals surface area contributed by atoms with Crippen molar-refractivity contribution in [1.82, 2.24) is 23.9 Å². The van der Waals surface area contributed by atoms with E-state index in [1.165, 1.54) is 27.6 Å². The van der Waals surface area contributed by atoms with Crippen LogP contribution in [0.15, 0.2) is 64.7 Å². The van der Waals surface area contributed by atoms with Crippen LogP contribution in [0.25, 0.3) is 33.3 Å². The number of halogens is 3. The molecular weight excluding hydrogens is 499 g/mol. The van der Waals surface area contributed by atoms with Crippen LogP contribution in [0.1, 0.15) is 11.1 Å². The molecule has 0 saturated carbocycles. The van der Waals surface area contributed by atoms with Gasteiger partial charge in [-0.3, -0.25) is 14.3 Å². The van der Waals surface area contributed by atoms with Gasteiger partial charge in [0, 0.05) is 60.3 Å². The second-order valence-electron chi connectivity index (χ2n) is 9.30. The summed E-state index contributed by atoms with van der Waals surface area (Å²) in [7, 11) is 3.20. The molecule has 5 aromatic rings. The Hall–Kier alpha value is -4.54. The Labute approximate surface area is 214 Å². The summed E-state index contributed by atoms with van der Waals surface area (Å²) in [5.74, 6) is 1.06. The fraction of sp³-hybridized carbons (Fsp3) is 0.222. The molecule has 0 fully saturated rings. The maximum Gasteiger partial charge on any atom is 0.408 e. The number of alkyl halides is 3. The van der Waals surface area contributed by atoms with Gasteiger partial charge >= 0.3 is 6.18 Å². The Morgan fingerprint density at radius 2 is 1.68 bits per heavy atom. The number of hydrogen-bond acceptors (Lipinski definition) is 4. The number of nitrogens with one attached hydrogen (secondary N) is 1. The van der Waals surface area contributed by atoms with Crippen molar-refractivity contribution >= 4 is 10.9 Å². The number of pyridine rings is 2. The standard InChI is InChI=1S/C27H24F3N5O3/c1-15-6-5-7-16(2)25(15)38-22-13-33(3)23(36)9-18(22)20-12-34(4)26(37)24-19(20)8-21(32-24)17-10-31-35(11-17)14-27(28,29)30/h5-13,32H,14H2,1-4H3. The topological polar surface area (TPSA) is 86.8 Å². The van der Waals surface area contributed by atoms with E-state index in [0.717, 1.165) is 15.8 Å². The predicted octanol–water partition coefficient (Wildman–Crippen LogP) is 5.07. The molecule has 4 aromatic heterocycles. The van der Waals surface area contributed by atoms with E-state index in [-0.39, 0.29) is 16.6 Å². The van der Waals surface area contributed by atoms with E-state index in [1.54, 1.807) is 32.6 Å². The summed E-state index contributed by atoms with van der Waals surface area (Å²) < 4.78 is 48.4. The molecule has 5 rings (SSSR count). The number of aromatic amines is 1. The Morgan fingerprint density at radius 1 is 0.974 bits per heavy atom. The fourth-order valence-electron chi connectivity index (χ4n) is 4.44. The van der Waals surface area contributed by atoms with Crippen molar-refractivity contribution in [3.8, 4) is 33.9 Å². The number of hydrogen-bond donors (Lipinski definition) is 1. The maximum atomic E-state index is 13.0. The monoisotopic (exact) mass is 523 g/mol. The van der Waals surface area contributed by atoms with Gasteiger partial charge in [0.05, 0.1) is 12.4 Å². The van der Waals surface area contributed by atoms with Crippen LogP contribution in [0.5, 0.6) is 11.5 Å². The molecule has 8 nitrogen and oxygen atoms in total. The number of fused-ring (bicyclic) bond motifs is 1. The van der Waals surface area contributed by atoms with Gasteiger partial charge in [0.25, 0.3) is 11.1 Å². The van der Waals surface area contributed by atoms with E-state index >= 15 is 0 Å². The average molecular weight is 524 g/mol. The minimum atomic E-state index is -4.42. The van der Waals surface area contributed by atoms with Crippen molar-refractivity contribution in [2.75, 3.05) is 0 Å². The summed E-state index contributed by atoms with van der Waals surface area (Å²) in [5, 5.41) is 4.29. The minimum absolute atomic E-state index is 0.238. The molecule has 0 bridgehead atoms. The lowest BCUT2D eigenvalue weighted by atomic mass is 10.0. The molecule has 1 N–H and O–H groups in total. The van der Waals surface area contributed by atoms with Crippen molar-refractivity contribution in [3.63, 3.8) is 0 Å². The molecule has 0 aliphatic carbocycles. The average Bonchev–Trinajstić information content (AvgIpc) is 3.47. The van der Waals surface area contributed by atoms with Crippen molar-refractivity contribution in [2.24, 2.45) is 14.1 Å². The Balaban J connectivity index is 1.70. The number of nitrogens with zero attached hydrogens (tertiary/aromatic N) is 4. The number of aryl methyl sites for hydroxylation is 4. The van der Waals surface area contributed by atoms with E-state index in [4.69, 9.17) is 4.74 Å². The first kappa shape index (κ1) is 25.1. The highest BCUT2D eigenvalue weighted by Crippen LogP contribution is 2.38. The van der Waals surface area contributed by atoms with Gasteiger partial charge < -0.3 is 18.9 Å². The lowest BCUT2D eigenvalue weighted by molar-refractivity contribution is -0.142. The summed E-state index contributed by atoms with van der Waals surface area (Å²) in [6, 6.07) is 8.88. The van der Waals surface area contributed by atoms with Crippen molar-refractivity contribution in [2.45, 2.75) is 26.6 Å².